The fourth-order valence-electron chi connectivity index (χ4n) is 0.724. The lowest BCUT2D eigenvalue weighted by Crippen LogP contribution is -3.00. The first-order chi connectivity index (χ1) is 5.29. The van der Waals surface area contributed by atoms with E-state index in [0.29, 0.717) is 0 Å². The van der Waals surface area contributed by atoms with Gasteiger partial charge in [-0.25, -0.2) is 4.98 Å². The summed E-state index contributed by atoms with van der Waals surface area (Å²) >= 11 is 0. The maximum atomic E-state index is 10.5. The van der Waals surface area contributed by atoms with Crippen molar-refractivity contribution >= 4 is 11.9 Å². The Morgan fingerprint density at radius 3 is 2.50 bits per heavy atom. The van der Waals surface area contributed by atoms with Gasteiger partial charge in [-0.3, -0.25) is 4.79 Å². The van der Waals surface area contributed by atoms with Crippen LogP contribution in [0.5, 0.6) is 0 Å². The summed E-state index contributed by atoms with van der Waals surface area (Å²) in [6.07, 6.45) is 6.98. The average molecular weight is 184 g/mol. The minimum Gasteiger partial charge on any atom is -1.00 e. The molecule has 0 amide bonds. The first kappa shape index (κ1) is 10.8. The molecular formula is C9H10ClNO. The molecule has 0 bridgehead atoms. The third-order valence-electron chi connectivity index (χ3n) is 1.25. The van der Waals surface area contributed by atoms with Crippen molar-refractivity contribution in [3.63, 3.8) is 0 Å². The van der Waals surface area contributed by atoms with Gasteiger partial charge in [0.2, 0.25) is 0 Å². The first-order valence-corrected chi connectivity index (χ1v) is 3.44. The molecule has 0 aliphatic carbocycles. The van der Waals surface area contributed by atoms with E-state index in [4.69, 9.17) is 0 Å². The number of halogens is 1. The molecule has 3 heteroatoms. The quantitative estimate of drug-likeness (QED) is 0.494. The zero-order valence-corrected chi connectivity index (χ0v) is 7.51. The van der Waals surface area contributed by atoms with E-state index in [1.54, 1.807) is 12.2 Å². The van der Waals surface area contributed by atoms with Crippen molar-refractivity contribution in [2.75, 3.05) is 0 Å². The van der Waals surface area contributed by atoms with Crippen LogP contribution in [0.4, 0.5) is 0 Å². The van der Waals surface area contributed by atoms with Gasteiger partial charge in [0.25, 0.3) is 0 Å². The van der Waals surface area contributed by atoms with E-state index in [0.717, 1.165) is 5.56 Å². The molecule has 1 heterocycles. The van der Waals surface area contributed by atoms with Gasteiger partial charge in [-0.2, -0.15) is 0 Å². The molecule has 0 unspecified atom stereocenters. The molecule has 12 heavy (non-hydrogen) atoms. The molecule has 2 nitrogen and oxygen atoms in total. The molecule has 0 saturated heterocycles. The number of carbonyl (C=O) groups excluding carboxylic acids is 1. The molecule has 1 rings (SSSR count). The second-order valence-corrected chi connectivity index (χ2v) is 2.28. The van der Waals surface area contributed by atoms with E-state index < -0.39 is 0 Å². The van der Waals surface area contributed by atoms with Gasteiger partial charge in [0.15, 0.2) is 18.2 Å². The van der Waals surface area contributed by atoms with Crippen LogP contribution >= 0.6 is 0 Å². The second kappa shape index (κ2) is 5.49. The largest absolute Gasteiger partial charge is 1.00 e. The highest BCUT2D eigenvalue weighted by atomic mass is 35.5. The van der Waals surface area contributed by atoms with Crippen LogP contribution in [0, 0.1) is 0 Å². The second-order valence-electron chi connectivity index (χ2n) is 2.28. The normalized spacial score (nSPS) is 9.42. The molecule has 0 radical (unpaired) electrons. The monoisotopic (exact) mass is 183 g/mol. The molecule has 0 spiro atoms. The third kappa shape index (κ3) is 3.88. The Balaban J connectivity index is 0.00000121. The van der Waals surface area contributed by atoms with E-state index in [9.17, 15) is 4.79 Å². The van der Waals surface area contributed by atoms with Crippen molar-refractivity contribution in [3.05, 3.63) is 36.2 Å². The first-order valence-electron chi connectivity index (χ1n) is 3.44. The highest BCUT2D eigenvalue weighted by Gasteiger charge is 1.87. The van der Waals surface area contributed by atoms with Crippen molar-refractivity contribution in [3.8, 4) is 0 Å². The number of hydrogen-bond acceptors (Lipinski definition) is 1. The molecule has 0 aliphatic heterocycles. The van der Waals surface area contributed by atoms with Gasteiger partial charge in [0, 0.05) is 12.1 Å². The summed E-state index contributed by atoms with van der Waals surface area (Å²) in [5.41, 5.74) is 1.03. The topological polar surface area (TPSA) is 31.2 Å². The third-order valence-corrected chi connectivity index (χ3v) is 1.25. The molecule has 64 valence electrons. The summed E-state index contributed by atoms with van der Waals surface area (Å²) in [7, 11) is 0. The summed E-state index contributed by atoms with van der Waals surface area (Å²) < 4.78 is 0. The molecule has 1 aromatic rings. The predicted molar refractivity (Wildman–Crippen MR) is 42.7 cm³/mol. The Kier molecular flexibility index (Phi) is 4.97. The Bertz CT molecular complexity index is 269. The van der Waals surface area contributed by atoms with Crippen molar-refractivity contribution in [1.29, 1.82) is 0 Å². The molecule has 0 aliphatic rings. The molecule has 0 aromatic carbocycles. The van der Waals surface area contributed by atoms with Gasteiger partial charge in [0.05, 0.1) is 0 Å². The number of H-pyrrole nitrogens is 1. The number of aromatic amines is 1. The Hall–Kier alpha value is -1.15. The fraction of sp³-hybridized carbons (Fsp3) is 0.111. The molecule has 0 atom stereocenters. The van der Waals surface area contributed by atoms with Gasteiger partial charge in [-0.15, -0.1) is 0 Å². The van der Waals surface area contributed by atoms with Crippen LogP contribution in [0.2, 0.25) is 0 Å². The minimum absolute atomic E-state index is 0. The van der Waals surface area contributed by atoms with Crippen LogP contribution in [0.1, 0.15) is 12.5 Å². The number of aromatic nitrogens is 1. The molecule has 0 saturated carbocycles. The lowest BCUT2D eigenvalue weighted by Gasteiger charge is -1.84. The number of rotatable bonds is 2. The summed E-state index contributed by atoms with van der Waals surface area (Å²) in [5.74, 6) is 0.0674. The lowest BCUT2D eigenvalue weighted by atomic mass is 10.2. The molecular weight excluding hydrogens is 174 g/mol. The minimum atomic E-state index is 0. The van der Waals surface area contributed by atoms with Gasteiger partial charge in [-0.1, -0.05) is 6.08 Å². The smallest absolute Gasteiger partial charge is 0.167 e. The van der Waals surface area contributed by atoms with E-state index in [1.165, 1.54) is 6.92 Å². The highest BCUT2D eigenvalue weighted by Crippen LogP contribution is 1.96. The van der Waals surface area contributed by atoms with Crippen LogP contribution < -0.4 is 17.4 Å². The van der Waals surface area contributed by atoms with Gasteiger partial charge in [-0.05, 0) is 18.6 Å². The summed E-state index contributed by atoms with van der Waals surface area (Å²) in [6, 6.07) is 3.80. The predicted octanol–water partition coefficient (Wildman–Crippen LogP) is -1.89. The highest BCUT2D eigenvalue weighted by molar-refractivity contribution is 5.91. The van der Waals surface area contributed by atoms with Crippen LogP contribution in [0.15, 0.2) is 30.6 Å². The van der Waals surface area contributed by atoms with Crippen molar-refractivity contribution < 1.29 is 22.2 Å². The number of carbonyl (C=O) groups is 1. The van der Waals surface area contributed by atoms with Gasteiger partial charge >= 0.3 is 0 Å². The van der Waals surface area contributed by atoms with Crippen LogP contribution in [-0.4, -0.2) is 5.78 Å². The van der Waals surface area contributed by atoms with Crippen LogP contribution in [0.25, 0.3) is 6.08 Å². The van der Waals surface area contributed by atoms with E-state index in [1.807, 2.05) is 24.5 Å². The Morgan fingerprint density at radius 2 is 2.00 bits per heavy atom. The molecule has 1 N–H and O–H groups in total. The summed E-state index contributed by atoms with van der Waals surface area (Å²) in [6.45, 7) is 1.53. The molecule has 0 fully saturated rings. The number of ketones is 1. The fourth-order valence-corrected chi connectivity index (χ4v) is 0.724. The number of hydrogen-bond donors (Lipinski definition) is 0. The summed E-state index contributed by atoms with van der Waals surface area (Å²) in [4.78, 5) is 13.4. The van der Waals surface area contributed by atoms with Crippen LogP contribution in [-0.2, 0) is 4.79 Å². The lowest BCUT2D eigenvalue weighted by molar-refractivity contribution is -0.378. The van der Waals surface area contributed by atoms with Crippen molar-refractivity contribution in [2.45, 2.75) is 6.92 Å². The summed E-state index contributed by atoms with van der Waals surface area (Å²) in [5, 5.41) is 0. The maximum Gasteiger partial charge on any atom is 0.167 e. The Morgan fingerprint density at radius 1 is 1.42 bits per heavy atom. The Labute approximate surface area is 77.7 Å². The SMILES string of the molecule is CC(=O)C=Cc1cc[nH+]cc1.[Cl-]. The number of nitrogens with one attached hydrogen (secondary N) is 1. The maximum absolute atomic E-state index is 10.5. The van der Waals surface area contributed by atoms with Gasteiger partial charge < -0.3 is 12.4 Å². The zero-order chi connectivity index (χ0) is 8.10. The van der Waals surface area contributed by atoms with E-state index in [2.05, 4.69) is 4.98 Å². The van der Waals surface area contributed by atoms with Crippen LogP contribution in [0.3, 0.4) is 0 Å². The van der Waals surface area contributed by atoms with Crippen molar-refractivity contribution in [1.82, 2.24) is 0 Å². The molecule has 1 aromatic heterocycles. The average Bonchev–Trinajstić information content (AvgIpc) is 2.03. The number of pyridine rings is 1. The number of allylic oxidation sites excluding steroid dienone is 1. The van der Waals surface area contributed by atoms with E-state index in [-0.39, 0.29) is 18.2 Å². The standard InChI is InChI=1S/C9H9NO.ClH/c1-8(11)2-3-9-4-6-10-7-5-9;/h2-7H,1H3;1H. The van der Waals surface area contributed by atoms with Gasteiger partial charge in [0.1, 0.15) is 0 Å². The zero-order valence-electron chi connectivity index (χ0n) is 6.75. The van der Waals surface area contributed by atoms with E-state index >= 15 is 0 Å². The van der Waals surface area contributed by atoms with Crippen molar-refractivity contribution in [2.24, 2.45) is 0 Å².